The van der Waals surface area contributed by atoms with Crippen LogP contribution in [0.25, 0.3) is 0 Å². The molecule has 2 heterocycles. The normalized spacial score (nSPS) is 14.0. The number of aromatic nitrogens is 2. The predicted molar refractivity (Wildman–Crippen MR) is 116 cm³/mol. The zero-order valence-electron chi connectivity index (χ0n) is 17.3. The van der Waals surface area contributed by atoms with Crippen molar-refractivity contribution in [1.82, 2.24) is 15.3 Å². The number of thioether (sulfide) groups is 1. The SMILES string of the molecule is Cc1nc(SCc2ccc(C(=O)NCC(C)C)cc2)nc(N2CCCC2)c1C. The van der Waals surface area contributed by atoms with E-state index in [4.69, 9.17) is 4.98 Å². The molecule has 0 bridgehead atoms. The number of benzene rings is 1. The van der Waals surface area contributed by atoms with E-state index in [1.165, 1.54) is 18.4 Å². The maximum Gasteiger partial charge on any atom is 0.251 e. The highest BCUT2D eigenvalue weighted by molar-refractivity contribution is 7.98. The Bertz CT molecular complexity index is 814. The minimum absolute atomic E-state index is 0.0133. The van der Waals surface area contributed by atoms with Crippen molar-refractivity contribution in [3.8, 4) is 0 Å². The van der Waals surface area contributed by atoms with E-state index >= 15 is 0 Å². The molecule has 0 spiro atoms. The van der Waals surface area contributed by atoms with Crippen LogP contribution in [0.1, 0.15) is 53.9 Å². The van der Waals surface area contributed by atoms with Gasteiger partial charge in [0.25, 0.3) is 5.91 Å². The molecule has 5 nitrogen and oxygen atoms in total. The predicted octanol–water partition coefficient (Wildman–Crippen LogP) is 4.37. The van der Waals surface area contributed by atoms with Gasteiger partial charge in [0.05, 0.1) is 0 Å². The highest BCUT2D eigenvalue weighted by Gasteiger charge is 2.18. The highest BCUT2D eigenvalue weighted by atomic mass is 32.2. The molecule has 1 aliphatic rings. The number of carbonyl (C=O) groups excluding carboxylic acids is 1. The summed E-state index contributed by atoms with van der Waals surface area (Å²) in [6.45, 7) is 11.2. The fourth-order valence-electron chi connectivity index (χ4n) is 3.19. The van der Waals surface area contributed by atoms with E-state index in [1.807, 2.05) is 24.3 Å². The molecule has 0 radical (unpaired) electrons. The van der Waals surface area contributed by atoms with E-state index in [-0.39, 0.29) is 5.91 Å². The Morgan fingerprint density at radius 3 is 2.46 bits per heavy atom. The molecule has 28 heavy (non-hydrogen) atoms. The summed E-state index contributed by atoms with van der Waals surface area (Å²) in [4.78, 5) is 24.0. The van der Waals surface area contributed by atoms with Crippen LogP contribution in [0, 0.1) is 19.8 Å². The first-order chi connectivity index (χ1) is 13.4. The van der Waals surface area contributed by atoms with Crippen LogP contribution in [-0.2, 0) is 5.75 Å². The Labute approximate surface area is 172 Å². The van der Waals surface area contributed by atoms with Gasteiger partial charge < -0.3 is 10.2 Å². The third kappa shape index (κ3) is 5.25. The molecule has 150 valence electrons. The summed E-state index contributed by atoms with van der Waals surface area (Å²) in [5.74, 6) is 2.31. The average Bonchev–Trinajstić information content (AvgIpc) is 3.22. The summed E-state index contributed by atoms with van der Waals surface area (Å²) in [7, 11) is 0. The summed E-state index contributed by atoms with van der Waals surface area (Å²) >= 11 is 1.65. The molecule has 0 saturated carbocycles. The van der Waals surface area contributed by atoms with Gasteiger partial charge in [-0.05, 0) is 50.3 Å². The van der Waals surface area contributed by atoms with Crippen LogP contribution in [0.3, 0.4) is 0 Å². The lowest BCUT2D eigenvalue weighted by molar-refractivity contribution is 0.0949. The Hall–Kier alpha value is -2.08. The van der Waals surface area contributed by atoms with Gasteiger partial charge in [0.15, 0.2) is 5.16 Å². The number of hydrogen-bond donors (Lipinski definition) is 1. The maximum absolute atomic E-state index is 12.1. The van der Waals surface area contributed by atoms with Crippen molar-refractivity contribution in [2.24, 2.45) is 5.92 Å². The van der Waals surface area contributed by atoms with Gasteiger partial charge in [0, 0.05) is 42.2 Å². The molecule has 0 atom stereocenters. The Kier molecular flexibility index (Phi) is 6.94. The van der Waals surface area contributed by atoms with Crippen LogP contribution in [-0.4, -0.2) is 35.5 Å². The third-order valence-corrected chi connectivity index (χ3v) is 5.92. The Balaban J connectivity index is 1.63. The van der Waals surface area contributed by atoms with Crippen molar-refractivity contribution in [2.45, 2.75) is 51.4 Å². The van der Waals surface area contributed by atoms with Crippen LogP contribution in [0.5, 0.6) is 0 Å². The standard InChI is InChI=1S/C22H30N4OS/c1-15(2)13-23-21(27)19-9-7-18(8-10-19)14-28-22-24-17(4)16(3)20(25-22)26-11-5-6-12-26/h7-10,15H,5-6,11-14H2,1-4H3,(H,23,27). The maximum atomic E-state index is 12.1. The van der Waals surface area contributed by atoms with Crippen LogP contribution in [0.15, 0.2) is 29.4 Å². The van der Waals surface area contributed by atoms with Gasteiger partial charge in [-0.3, -0.25) is 4.79 Å². The van der Waals surface area contributed by atoms with Crippen molar-refractivity contribution in [3.63, 3.8) is 0 Å². The molecular weight excluding hydrogens is 368 g/mol. The summed E-state index contributed by atoms with van der Waals surface area (Å²) < 4.78 is 0. The first kappa shape index (κ1) is 20.6. The lowest BCUT2D eigenvalue weighted by atomic mass is 10.1. The number of aryl methyl sites for hydroxylation is 1. The third-order valence-electron chi connectivity index (χ3n) is 5.00. The molecule has 0 unspecified atom stereocenters. The lowest BCUT2D eigenvalue weighted by Crippen LogP contribution is -2.27. The van der Waals surface area contributed by atoms with Crippen LogP contribution < -0.4 is 10.2 Å². The van der Waals surface area contributed by atoms with E-state index < -0.39 is 0 Å². The van der Waals surface area contributed by atoms with Crippen LogP contribution >= 0.6 is 11.8 Å². The number of hydrogen-bond acceptors (Lipinski definition) is 5. The number of anilines is 1. The number of nitrogens with zero attached hydrogens (tertiary/aromatic N) is 3. The summed E-state index contributed by atoms with van der Waals surface area (Å²) in [6, 6.07) is 7.81. The van der Waals surface area contributed by atoms with E-state index in [2.05, 4.69) is 42.9 Å². The molecule has 6 heteroatoms. The largest absolute Gasteiger partial charge is 0.356 e. The fourth-order valence-corrected chi connectivity index (χ4v) is 4.03. The topological polar surface area (TPSA) is 58.1 Å². The first-order valence-corrected chi connectivity index (χ1v) is 11.0. The molecule has 1 aromatic heterocycles. The molecule has 1 aromatic carbocycles. The summed E-state index contributed by atoms with van der Waals surface area (Å²) in [6.07, 6.45) is 2.48. The monoisotopic (exact) mass is 398 g/mol. The van der Waals surface area contributed by atoms with E-state index in [9.17, 15) is 4.79 Å². The smallest absolute Gasteiger partial charge is 0.251 e. The average molecular weight is 399 g/mol. The zero-order chi connectivity index (χ0) is 20.1. The molecule has 0 aliphatic carbocycles. The second-order valence-electron chi connectivity index (χ2n) is 7.82. The Morgan fingerprint density at radius 2 is 1.82 bits per heavy atom. The van der Waals surface area contributed by atoms with E-state index in [0.29, 0.717) is 18.0 Å². The van der Waals surface area contributed by atoms with Gasteiger partial charge in [-0.25, -0.2) is 9.97 Å². The summed E-state index contributed by atoms with van der Waals surface area (Å²) in [5, 5.41) is 3.77. The van der Waals surface area contributed by atoms with E-state index in [0.717, 1.165) is 41.1 Å². The number of nitrogens with one attached hydrogen (secondary N) is 1. The summed E-state index contributed by atoms with van der Waals surface area (Å²) in [5.41, 5.74) is 4.10. The van der Waals surface area contributed by atoms with Gasteiger partial charge in [-0.1, -0.05) is 37.7 Å². The quantitative estimate of drug-likeness (QED) is 0.554. The molecular formula is C22H30N4OS. The number of amides is 1. The number of carbonyl (C=O) groups is 1. The van der Waals surface area contributed by atoms with Crippen molar-refractivity contribution >= 4 is 23.5 Å². The van der Waals surface area contributed by atoms with Gasteiger partial charge in [-0.2, -0.15) is 0 Å². The zero-order valence-corrected chi connectivity index (χ0v) is 18.1. The molecule has 1 fully saturated rings. The van der Waals surface area contributed by atoms with Crippen molar-refractivity contribution in [1.29, 1.82) is 0 Å². The first-order valence-electron chi connectivity index (χ1n) is 10.0. The molecule has 1 aliphatic heterocycles. The fraction of sp³-hybridized carbons (Fsp3) is 0.500. The van der Waals surface area contributed by atoms with E-state index in [1.54, 1.807) is 11.8 Å². The van der Waals surface area contributed by atoms with Crippen LogP contribution in [0.2, 0.25) is 0 Å². The molecule has 2 aromatic rings. The molecule has 3 rings (SSSR count). The highest BCUT2D eigenvalue weighted by Crippen LogP contribution is 2.28. The minimum atomic E-state index is -0.0133. The van der Waals surface area contributed by atoms with Crippen LogP contribution in [0.4, 0.5) is 5.82 Å². The van der Waals surface area contributed by atoms with Gasteiger partial charge >= 0.3 is 0 Å². The van der Waals surface area contributed by atoms with Gasteiger partial charge in [0.2, 0.25) is 0 Å². The van der Waals surface area contributed by atoms with Crippen molar-refractivity contribution in [2.75, 3.05) is 24.5 Å². The molecule has 1 saturated heterocycles. The molecule has 1 amide bonds. The van der Waals surface area contributed by atoms with Crippen molar-refractivity contribution in [3.05, 3.63) is 46.6 Å². The Morgan fingerprint density at radius 1 is 1.14 bits per heavy atom. The van der Waals surface area contributed by atoms with Gasteiger partial charge in [0.1, 0.15) is 5.82 Å². The van der Waals surface area contributed by atoms with Crippen molar-refractivity contribution < 1.29 is 4.79 Å². The minimum Gasteiger partial charge on any atom is -0.356 e. The number of rotatable bonds is 7. The molecule has 1 N–H and O–H groups in total. The lowest BCUT2D eigenvalue weighted by Gasteiger charge is -2.20. The van der Waals surface area contributed by atoms with Gasteiger partial charge in [-0.15, -0.1) is 0 Å². The second kappa shape index (κ2) is 9.41. The second-order valence-corrected chi connectivity index (χ2v) is 8.77.